The van der Waals surface area contributed by atoms with Crippen molar-refractivity contribution in [1.82, 2.24) is 9.80 Å². The van der Waals surface area contributed by atoms with E-state index in [2.05, 4.69) is 91.2 Å². The summed E-state index contributed by atoms with van der Waals surface area (Å²) in [7, 11) is 0. The molecule has 0 bridgehead atoms. The van der Waals surface area contributed by atoms with Crippen molar-refractivity contribution in [1.29, 1.82) is 0 Å². The summed E-state index contributed by atoms with van der Waals surface area (Å²) >= 11 is 0. The topological polar surface area (TPSA) is 124 Å². The van der Waals surface area contributed by atoms with Gasteiger partial charge in [-0.1, -0.05) is 74.5 Å². The van der Waals surface area contributed by atoms with E-state index in [9.17, 15) is 9.59 Å². The largest absolute Gasteiger partial charge is 0.494 e. The Morgan fingerprint density at radius 3 is 1.36 bits per heavy atom. The number of carboxylic acids is 1. The van der Waals surface area contributed by atoms with E-state index >= 15 is 0 Å². The van der Waals surface area contributed by atoms with Gasteiger partial charge in [-0.2, -0.15) is 0 Å². The van der Waals surface area contributed by atoms with Crippen LogP contribution < -0.4 is 24.7 Å². The van der Waals surface area contributed by atoms with Crippen LogP contribution in [0.2, 0.25) is 0 Å². The van der Waals surface area contributed by atoms with Crippen molar-refractivity contribution < 1.29 is 33.6 Å². The van der Waals surface area contributed by atoms with Crippen LogP contribution >= 0.6 is 0 Å². The molecule has 59 heavy (non-hydrogen) atoms. The Morgan fingerprint density at radius 1 is 0.593 bits per heavy atom. The lowest BCUT2D eigenvalue weighted by Crippen LogP contribution is -2.40. The van der Waals surface area contributed by atoms with Crippen LogP contribution in [-0.4, -0.2) is 85.3 Å². The minimum absolute atomic E-state index is 0.149. The first-order valence-electron chi connectivity index (χ1n) is 21.4. The van der Waals surface area contributed by atoms with Gasteiger partial charge in [0.05, 0.1) is 13.2 Å². The summed E-state index contributed by atoms with van der Waals surface area (Å²) in [6, 6.07) is 37.1. The molecule has 0 spiro atoms. The molecule has 10 nitrogen and oxygen atoms in total. The number of carbonyl (C=O) groups excluding carboxylic acids is 1. The second-order valence-electron chi connectivity index (χ2n) is 15.4. The maximum absolute atomic E-state index is 12.4. The third kappa shape index (κ3) is 17.5. The molecule has 4 aromatic rings. The molecule has 2 aliphatic heterocycles. The molecule has 3 N–H and O–H groups in total. The van der Waals surface area contributed by atoms with Crippen LogP contribution in [0.25, 0.3) is 0 Å². The molecule has 4 aromatic carbocycles. The number of ether oxygens (including phenoxy) is 4. The van der Waals surface area contributed by atoms with E-state index < -0.39 is 5.97 Å². The second-order valence-corrected chi connectivity index (χ2v) is 15.4. The number of hydrogen-bond acceptors (Lipinski definition) is 9. The van der Waals surface area contributed by atoms with Crippen LogP contribution in [0, 0.1) is 5.92 Å². The average Bonchev–Trinajstić information content (AvgIpc) is 3.28. The number of ketones is 1. The fourth-order valence-corrected chi connectivity index (χ4v) is 7.13. The molecule has 2 unspecified atom stereocenters. The molecule has 0 aromatic heterocycles. The molecule has 320 valence electrons. The SMILES string of the molecule is CC(c1ccccc1)N1CCC(N)CC1.CCCOc1ccc(OCC(=O)CC2CCN(C(C)c3ccccc3)CC2)cc1.CCCOc1ccc(OCC(=O)O)cc1. The van der Waals surface area contributed by atoms with Crippen molar-refractivity contribution in [3.8, 4) is 23.0 Å². The lowest BCUT2D eigenvalue weighted by atomic mass is 9.90. The Morgan fingerprint density at radius 2 is 0.966 bits per heavy atom. The number of nitrogens with two attached hydrogens (primary N) is 1. The second kappa shape index (κ2) is 26.3. The van der Waals surface area contributed by atoms with Crippen molar-refractivity contribution >= 4 is 11.8 Å². The van der Waals surface area contributed by atoms with Crippen LogP contribution in [0.4, 0.5) is 0 Å². The normalized spacial score (nSPS) is 15.9. The minimum atomic E-state index is -0.985. The van der Waals surface area contributed by atoms with Crippen LogP contribution in [0.3, 0.4) is 0 Å². The Hall–Kier alpha value is -4.90. The molecule has 0 amide bonds. The lowest BCUT2D eigenvalue weighted by molar-refractivity contribution is -0.139. The standard InChI is InChI=1S/C25H33NO3.C13H20N2.C11H14O4/c1-3-17-28-24-9-11-25(12-10-24)29-19-23(27)18-21-13-15-26(16-14-21)20(2)22-7-5-4-6-8-22;1-11(12-5-3-2-4-6-12)15-9-7-13(14)8-10-15;1-2-7-14-9-3-5-10(6-4-9)15-8-11(12)13/h4-12,20-21H,3,13-19H2,1-2H3;2-6,11,13H,7-10,14H2,1H3;3-6H,2,7-8H2,1H3,(H,12,13). The number of piperidine rings is 2. The smallest absolute Gasteiger partial charge is 0.341 e. The molecule has 0 aliphatic carbocycles. The number of likely N-dealkylation sites (tertiary alicyclic amines) is 2. The molecule has 2 saturated heterocycles. The van der Waals surface area contributed by atoms with Gasteiger partial charge in [-0.15, -0.1) is 0 Å². The maximum atomic E-state index is 12.4. The summed E-state index contributed by atoms with van der Waals surface area (Å²) in [4.78, 5) is 27.6. The summed E-state index contributed by atoms with van der Waals surface area (Å²) in [6.07, 6.45) is 6.98. The van der Waals surface area contributed by atoms with Crippen molar-refractivity contribution in [2.75, 3.05) is 52.6 Å². The number of rotatable bonds is 18. The number of Topliss-reactive ketones (excluding diaryl/α,β-unsaturated/α-hetero) is 1. The van der Waals surface area contributed by atoms with Crippen LogP contribution in [-0.2, 0) is 9.59 Å². The van der Waals surface area contributed by atoms with Crippen LogP contribution in [0.5, 0.6) is 23.0 Å². The molecule has 6 rings (SSSR count). The Balaban J connectivity index is 0.000000215. The lowest BCUT2D eigenvalue weighted by Gasteiger charge is -2.36. The highest BCUT2D eigenvalue weighted by atomic mass is 16.5. The molecule has 0 saturated carbocycles. The van der Waals surface area contributed by atoms with E-state index in [1.807, 2.05) is 31.2 Å². The summed E-state index contributed by atoms with van der Waals surface area (Å²) in [5.41, 5.74) is 8.68. The van der Waals surface area contributed by atoms with E-state index in [0.717, 1.165) is 76.2 Å². The summed E-state index contributed by atoms with van der Waals surface area (Å²) in [5.74, 6) is 2.51. The quantitative estimate of drug-likeness (QED) is 0.101. The van der Waals surface area contributed by atoms with Gasteiger partial charge >= 0.3 is 5.97 Å². The van der Waals surface area contributed by atoms with Crippen molar-refractivity contribution in [3.05, 3.63) is 120 Å². The van der Waals surface area contributed by atoms with Gasteiger partial charge in [0, 0.05) is 37.6 Å². The third-order valence-corrected chi connectivity index (χ3v) is 10.8. The van der Waals surface area contributed by atoms with Gasteiger partial charge in [0.1, 0.15) is 29.6 Å². The van der Waals surface area contributed by atoms with Gasteiger partial charge in [-0.25, -0.2) is 4.79 Å². The van der Waals surface area contributed by atoms with Gasteiger partial charge in [-0.3, -0.25) is 14.6 Å². The minimum Gasteiger partial charge on any atom is -0.494 e. The van der Waals surface area contributed by atoms with E-state index in [0.29, 0.717) is 55.2 Å². The first kappa shape index (κ1) is 46.8. The number of nitrogens with zero attached hydrogens (tertiary/aromatic N) is 2. The first-order valence-corrected chi connectivity index (χ1v) is 21.4. The number of carbonyl (C=O) groups is 2. The fraction of sp³-hybridized carbons (Fsp3) is 0.469. The maximum Gasteiger partial charge on any atom is 0.341 e. The van der Waals surface area contributed by atoms with Gasteiger partial charge in [0.25, 0.3) is 0 Å². The highest BCUT2D eigenvalue weighted by Crippen LogP contribution is 2.28. The zero-order valence-electron chi connectivity index (χ0n) is 35.7. The van der Waals surface area contributed by atoms with E-state index in [-0.39, 0.29) is 19.0 Å². The molecule has 0 radical (unpaired) electrons. The summed E-state index contributed by atoms with van der Waals surface area (Å²) in [5, 5.41) is 8.40. The van der Waals surface area contributed by atoms with Crippen LogP contribution in [0.1, 0.15) is 95.9 Å². The Labute approximate surface area is 352 Å². The highest BCUT2D eigenvalue weighted by Gasteiger charge is 2.25. The average molecular weight is 810 g/mol. The molecule has 10 heteroatoms. The van der Waals surface area contributed by atoms with E-state index in [1.54, 1.807) is 24.3 Å². The zero-order chi connectivity index (χ0) is 42.2. The molecule has 2 aliphatic rings. The van der Waals surface area contributed by atoms with E-state index in [1.165, 1.54) is 11.1 Å². The predicted molar refractivity (Wildman–Crippen MR) is 235 cm³/mol. The number of benzene rings is 4. The predicted octanol–water partition coefficient (Wildman–Crippen LogP) is 9.40. The molecule has 2 heterocycles. The summed E-state index contributed by atoms with van der Waals surface area (Å²) in [6.45, 7) is 14.2. The molecule has 2 fully saturated rings. The fourth-order valence-electron chi connectivity index (χ4n) is 7.13. The first-order chi connectivity index (χ1) is 28.6. The van der Waals surface area contributed by atoms with Gasteiger partial charge in [-0.05, 0) is 131 Å². The monoisotopic (exact) mass is 809 g/mol. The number of carboxylic acid groups (broad SMARTS) is 1. The molecular formula is C49H67N3O7. The zero-order valence-corrected chi connectivity index (χ0v) is 35.7. The Kier molecular flexibility index (Phi) is 20.8. The number of hydrogen-bond donors (Lipinski definition) is 2. The highest BCUT2D eigenvalue weighted by molar-refractivity contribution is 5.80. The van der Waals surface area contributed by atoms with Crippen molar-refractivity contribution in [2.24, 2.45) is 11.7 Å². The number of aliphatic carboxylic acids is 1. The Bertz CT molecular complexity index is 1730. The van der Waals surface area contributed by atoms with E-state index in [4.69, 9.17) is 29.8 Å². The van der Waals surface area contributed by atoms with Crippen LogP contribution in [0.15, 0.2) is 109 Å². The van der Waals surface area contributed by atoms with Crippen molar-refractivity contribution in [3.63, 3.8) is 0 Å². The summed E-state index contributed by atoms with van der Waals surface area (Å²) < 4.78 is 21.6. The van der Waals surface area contributed by atoms with Gasteiger partial charge in [0.2, 0.25) is 0 Å². The van der Waals surface area contributed by atoms with Crippen molar-refractivity contribution in [2.45, 2.75) is 90.8 Å². The van der Waals surface area contributed by atoms with Gasteiger partial charge in [0.15, 0.2) is 12.4 Å². The third-order valence-electron chi connectivity index (χ3n) is 10.8. The molecular weight excluding hydrogens is 743 g/mol. The molecule has 2 atom stereocenters. The van der Waals surface area contributed by atoms with Gasteiger partial charge < -0.3 is 29.8 Å².